The fourth-order valence-corrected chi connectivity index (χ4v) is 4.33. The molecule has 1 heterocycles. The number of nitrogens with one attached hydrogen (secondary N) is 1. The molecule has 1 aliphatic carbocycles. The molecule has 2 aliphatic rings. The van der Waals surface area contributed by atoms with Gasteiger partial charge in [0.1, 0.15) is 0 Å². The SMILES string of the molecule is CC(O)(CNC(=O)c1ccc(S(=O)(=O)N2CCOCC2)cc1)C1CC1. The van der Waals surface area contributed by atoms with Crippen molar-refractivity contribution in [2.45, 2.75) is 30.3 Å². The number of aliphatic hydroxyl groups is 1. The normalized spacial score (nSPS) is 21.5. The van der Waals surface area contributed by atoms with Crippen LogP contribution in [0.25, 0.3) is 0 Å². The molecule has 1 amide bonds. The highest BCUT2D eigenvalue weighted by Gasteiger charge is 2.40. The van der Waals surface area contributed by atoms with Crippen molar-refractivity contribution in [1.82, 2.24) is 9.62 Å². The van der Waals surface area contributed by atoms with Crippen LogP contribution < -0.4 is 5.32 Å². The zero-order valence-corrected chi connectivity index (χ0v) is 15.1. The van der Waals surface area contributed by atoms with E-state index < -0.39 is 15.6 Å². The number of ether oxygens (including phenoxy) is 1. The highest BCUT2D eigenvalue weighted by atomic mass is 32.2. The van der Waals surface area contributed by atoms with Gasteiger partial charge in [0.2, 0.25) is 10.0 Å². The Bertz CT molecular complexity index is 720. The Labute approximate surface area is 148 Å². The molecule has 1 saturated carbocycles. The summed E-state index contributed by atoms with van der Waals surface area (Å²) in [4.78, 5) is 12.4. The molecule has 7 nitrogen and oxygen atoms in total. The number of hydrogen-bond donors (Lipinski definition) is 2. The molecule has 138 valence electrons. The van der Waals surface area contributed by atoms with E-state index in [9.17, 15) is 18.3 Å². The number of hydrogen-bond acceptors (Lipinski definition) is 5. The molecule has 0 spiro atoms. The fraction of sp³-hybridized carbons (Fsp3) is 0.588. The van der Waals surface area contributed by atoms with E-state index in [2.05, 4.69) is 5.32 Å². The molecule has 1 aromatic rings. The lowest BCUT2D eigenvalue weighted by atomic mass is 10.0. The lowest BCUT2D eigenvalue weighted by Crippen LogP contribution is -2.42. The van der Waals surface area contributed by atoms with E-state index in [4.69, 9.17) is 4.74 Å². The predicted octanol–water partition coefficient (Wildman–Crippen LogP) is 0.598. The lowest BCUT2D eigenvalue weighted by Gasteiger charge is -2.26. The first-order chi connectivity index (χ1) is 11.8. The highest BCUT2D eigenvalue weighted by Crippen LogP contribution is 2.39. The van der Waals surface area contributed by atoms with Crippen LogP contribution in [0.1, 0.15) is 30.1 Å². The Morgan fingerprint density at radius 3 is 2.44 bits per heavy atom. The standard InChI is InChI=1S/C17H24N2O5S/c1-17(21,14-4-5-14)12-18-16(20)13-2-6-15(7-3-13)25(22,23)19-8-10-24-11-9-19/h2-3,6-7,14,21H,4-5,8-12H2,1H3,(H,18,20). The maximum atomic E-state index is 12.5. The number of nitrogens with zero attached hydrogens (tertiary/aromatic N) is 1. The van der Waals surface area contributed by atoms with Crippen LogP contribution in [0.5, 0.6) is 0 Å². The first-order valence-electron chi connectivity index (χ1n) is 8.49. The molecule has 0 aromatic heterocycles. The van der Waals surface area contributed by atoms with Crippen LogP contribution >= 0.6 is 0 Å². The van der Waals surface area contributed by atoms with Gasteiger partial charge in [0.15, 0.2) is 0 Å². The molecule has 1 aromatic carbocycles. The fourth-order valence-electron chi connectivity index (χ4n) is 2.93. The van der Waals surface area contributed by atoms with Gasteiger partial charge in [-0.1, -0.05) is 0 Å². The molecule has 0 bridgehead atoms. The van der Waals surface area contributed by atoms with Gasteiger partial charge in [-0.2, -0.15) is 4.31 Å². The molecule has 8 heteroatoms. The number of sulfonamides is 1. The summed E-state index contributed by atoms with van der Waals surface area (Å²) in [5, 5.41) is 13.0. The van der Waals surface area contributed by atoms with Gasteiger partial charge < -0.3 is 15.2 Å². The van der Waals surface area contributed by atoms with Gasteiger partial charge in [-0.05, 0) is 49.9 Å². The summed E-state index contributed by atoms with van der Waals surface area (Å²) in [7, 11) is -3.56. The van der Waals surface area contributed by atoms with Crippen LogP contribution in [0.2, 0.25) is 0 Å². The summed E-state index contributed by atoms with van der Waals surface area (Å²) in [5.74, 6) is -0.0786. The van der Waals surface area contributed by atoms with Gasteiger partial charge in [0, 0.05) is 25.2 Å². The minimum absolute atomic E-state index is 0.163. The monoisotopic (exact) mass is 368 g/mol. The van der Waals surface area contributed by atoms with Crippen LogP contribution in [0.4, 0.5) is 0 Å². The molecule has 0 radical (unpaired) electrons. The van der Waals surface area contributed by atoms with E-state index in [1.54, 1.807) is 6.92 Å². The van der Waals surface area contributed by atoms with E-state index in [0.29, 0.717) is 31.9 Å². The van der Waals surface area contributed by atoms with Crippen LogP contribution in [0.3, 0.4) is 0 Å². The molecule has 2 fully saturated rings. The summed E-state index contributed by atoms with van der Waals surface area (Å²) >= 11 is 0. The van der Waals surface area contributed by atoms with Crippen molar-refractivity contribution >= 4 is 15.9 Å². The highest BCUT2D eigenvalue weighted by molar-refractivity contribution is 7.89. The Hall–Kier alpha value is -1.48. The van der Waals surface area contributed by atoms with E-state index in [1.807, 2.05) is 0 Å². The van der Waals surface area contributed by atoms with Crippen molar-refractivity contribution in [1.29, 1.82) is 0 Å². The molecular formula is C17H24N2O5S. The number of carbonyl (C=O) groups is 1. The third-order valence-electron chi connectivity index (χ3n) is 4.79. The molecular weight excluding hydrogens is 344 g/mol. The summed E-state index contributed by atoms with van der Waals surface area (Å²) in [6, 6.07) is 5.88. The van der Waals surface area contributed by atoms with E-state index >= 15 is 0 Å². The molecule has 1 atom stereocenters. The Morgan fingerprint density at radius 1 is 1.28 bits per heavy atom. The smallest absolute Gasteiger partial charge is 0.251 e. The van der Waals surface area contributed by atoms with Crippen LogP contribution in [-0.2, 0) is 14.8 Å². The second-order valence-corrected chi connectivity index (χ2v) is 8.79. The average Bonchev–Trinajstić information content (AvgIpc) is 3.46. The Morgan fingerprint density at radius 2 is 1.88 bits per heavy atom. The van der Waals surface area contributed by atoms with E-state index in [-0.39, 0.29) is 23.3 Å². The molecule has 25 heavy (non-hydrogen) atoms. The summed E-state index contributed by atoms with van der Waals surface area (Å²) in [6.07, 6.45) is 1.97. The second kappa shape index (κ2) is 7.03. The van der Waals surface area contributed by atoms with Gasteiger partial charge in [0.25, 0.3) is 5.91 Å². The Balaban J connectivity index is 1.64. The number of morpholine rings is 1. The van der Waals surface area contributed by atoms with E-state index in [0.717, 1.165) is 12.8 Å². The number of carbonyl (C=O) groups excluding carboxylic acids is 1. The molecule has 1 saturated heterocycles. The maximum Gasteiger partial charge on any atom is 0.251 e. The van der Waals surface area contributed by atoms with E-state index in [1.165, 1.54) is 28.6 Å². The van der Waals surface area contributed by atoms with Gasteiger partial charge in [-0.3, -0.25) is 4.79 Å². The molecule has 1 unspecified atom stereocenters. The third kappa shape index (κ3) is 4.20. The molecule has 3 rings (SSSR count). The van der Waals surface area contributed by atoms with Gasteiger partial charge >= 0.3 is 0 Å². The lowest BCUT2D eigenvalue weighted by molar-refractivity contribution is 0.0354. The first-order valence-corrected chi connectivity index (χ1v) is 9.93. The van der Waals surface area contributed by atoms with Crippen molar-refractivity contribution in [3.63, 3.8) is 0 Å². The Kier molecular flexibility index (Phi) is 5.15. The van der Waals surface area contributed by atoms with Crippen molar-refractivity contribution in [3.05, 3.63) is 29.8 Å². The maximum absolute atomic E-state index is 12.5. The largest absolute Gasteiger partial charge is 0.388 e. The first kappa shape index (κ1) is 18.3. The van der Waals surface area contributed by atoms with Gasteiger partial charge in [0.05, 0.1) is 23.7 Å². The molecule has 1 aliphatic heterocycles. The van der Waals surface area contributed by atoms with Gasteiger partial charge in [-0.15, -0.1) is 0 Å². The summed E-state index contributed by atoms with van der Waals surface area (Å²) in [6.45, 7) is 3.36. The summed E-state index contributed by atoms with van der Waals surface area (Å²) < 4.78 is 31.7. The van der Waals surface area contributed by atoms with Crippen LogP contribution in [0.15, 0.2) is 29.2 Å². The third-order valence-corrected chi connectivity index (χ3v) is 6.70. The van der Waals surface area contributed by atoms with Gasteiger partial charge in [-0.25, -0.2) is 8.42 Å². The minimum atomic E-state index is -3.56. The molecule has 2 N–H and O–H groups in total. The summed E-state index contributed by atoms with van der Waals surface area (Å²) in [5.41, 5.74) is -0.526. The predicted molar refractivity (Wildman–Crippen MR) is 91.7 cm³/mol. The van der Waals surface area contributed by atoms with Crippen molar-refractivity contribution < 1.29 is 23.1 Å². The minimum Gasteiger partial charge on any atom is -0.388 e. The average molecular weight is 368 g/mol. The second-order valence-electron chi connectivity index (χ2n) is 6.85. The van der Waals surface area contributed by atoms with Crippen molar-refractivity contribution in [2.24, 2.45) is 5.92 Å². The number of amides is 1. The number of benzene rings is 1. The van der Waals surface area contributed by atoms with Crippen molar-refractivity contribution in [2.75, 3.05) is 32.8 Å². The van der Waals surface area contributed by atoms with Crippen LogP contribution in [0, 0.1) is 5.92 Å². The zero-order valence-electron chi connectivity index (χ0n) is 14.3. The van der Waals surface area contributed by atoms with Crippen molar-refractivity contribution in [3.8, 4) is 0 Å². The zero-order chi connectivity index (χ0) is 18.1. The van der Waals surface area contributed by atoms with Crippen LogP contribution in [-0.4, -0.2) is 62.2 Å². The quantitative estimate of drug-likeness (QED) is 0.767. The number of rotatable bonds is 6. The topological polar surface area (TPSA) is 95.9 Å².